The van der Waals surface area contributed by atoms with E-state index in [-0.39, 0.29) is 50.1 Å². The van der Waals surface area contributed by atoms with E-state index in [1.165, 1.54) is 0 Å². The normalized spacial score (nSPS) is 8.50. The van der Waals surface area contributed by atoms with E-state index in [1.54, 1.807) is 24.3 Å². The first kappa shape index (κ1) is 10.2. The summed E-state index contributed by atoms with van der Waals surface area (Å²) < 4.78 is 0. The molecule has 2 nitrogen and oxygen atoms in total. The zero-order chi connectivity index (χ0) is 6.69. The summed E-state index contributed by atoms with van der Waals surface area (Å²) in [4.78, 5) is 0. The van der Waals surface area contributed by atoms with Crippen molar-refractivity contribution in [2.45, 2.75) is 6.61 Å². The molecule has 0 unspecified atom stereocenters. The second-order valence-electron chi connectivity index (χ2n) is 1.79. The molecule has 0 aliphatic carbocycles. The number of rotatable bonds is 1. The van der Waals surface area contributed by atoms with Crippen LogP contribution in [-0.2, 0) is 6.61 Å². The van der Waals surface area contributed by atoms with Crippen LogP contribution in [0.3, 0.4) is 0 Å². The van der Waals surface area contributed by atoms with Gasteiger partial charge in [-0.25, -0.2) is 0 Å². The van der Waals surface area contributed by atoms with Crippen molar-refractivity contribution >= 4 is 37.7 Å². The molecule has 1 aromatic rings. The molecule has 1 rings (SSSR count). The first-order valence-corrected chi connectivity index (χ1v) is 2.72. The van der Waals surface area contributed by atoms with Crippen molar-refractivity contribution in [2.75, 3.05) is 0 Å². The Hall–Kier alpha value is 0.240. The standard InChI is InChI=1S/C7H8O2.Ca.2H/c8-5-6-3-1-2-4-7(6)9;;;/h1-4,8-9H,5H2;;;. The Bertz CT molecular complexity index is 201. The van der Waals surface area contributed by atoms with Crippen molar-refractivity contribution in [1.82, 2.24) is 0 Å². The monoisotopic (exact) mass is 166 g/mol. The Kier molecular flexibility index (Phi) is 5.08. The first-order valence-electron chi connectivity index (χ1n) is 2.72. The van der Waals surface area contributed by atoms with Gasteiger partial charge < -0.3 is 10.2 Å². The van der Waals surface area contributed by atoms with Gasteiger partial charge in [0.1, 0.15) is 5.75 Å². The summed E-state index contributed by atoms with van der Waals surface area (Å²) in [7, 11) is 0. The summed E-state index contributed by atoms with van der Waals surface area (Å²) in [5, 5.41) is 17.5. The Morgan fingerprint density at radius 2 is 1.80 bits per heavy atom. The molecular formula is C7H10CaO2. The molecule has 0 saturated heterocycles. The fourth-order valence-corrected chi connectivity index (χ4v) is 0.645. The molecule has 0 bridgehead atoms. The molecule has 10 heavy (non-hydrogen) atoms. The minimum atomic E-state index is -0.104. The van der Waals surface area contributed by atoms with Gasteiger partial charge in [0.15, 0.2) is 0 Å². The maximum absolute atomic E-state index is 8.95. The van der Waals surface area contributed by atoms with Crippen LogP contribution < -0.4 is 0 Å². The molecule has 0 aliphatic heterocycles. The third-order valence-electron chi connectivity index (χ3n) is 1.16. The van der Waals surface area contributed by atoms with Crippen LogP contribution in [0.5, 0.6) is 5.75 Å². The molecule has 0 aliphatic rings. The summed E-state index contributed by atoms with van der Waals surface area (Å²) >= 11 is 0. The molecule has 52 valence electrons. The van der Waals surface area contributed by atoms with Crippen molar-refractivity contribution in [2.24, 2.45) is 0 Å². The average molecular weight is 166 g/mol. The predicted octanol–water partition coefficient (Wildman–Crippen LogP) is -0.0317. The Morgan fingerprint density at radius 3 is 2.20 bits per heavy atom. The number of hydrogen-bond acceptors (Lipinski definition) is 2. The average Bonchev–Trinajstić information content (AvgIpc) is 1.89. The van der Waals surface area contributed by atoms with E-state index in [0.29, 0.717) is 5.56 Å². The van der Waals surface area contributed by atoms with E-state index in [9.17, 15) is 0 Å². The molecule has 0 atom stereocenters. The van der Waals surface area contributed by atoms with Crippen LogP contribution in [0, 0.1) is 0 Å². The van der Waals surface area contributed by atoms with Gasteiger partial charge in [-0.3, -0.25) is 0 Å². The Balaban J connectivity index is 0.000000810. The Labute approximate surface area is 89.5 Å². The van der Waals surface area contributed by atoms with Crippen molar-refractivity contribution in [3.8, 4) is 5.75 Å². The molecule has 2 N–H and O–H groups in total. The Morgan fingerprint density at radius 1 is 1.20 bits per heavy atom. The van der Waals surface area contributed by atoms with Gasteiger partial charge in [-0.05, 0) is 6.07 Å². The zero-order valence-electron chi connectivity index (χ0n) is 4.91. The van der Waals surface area contributed by atoms with Crippen molar-refractivity contribution < 1.29 is 10.2 Å². The van der Waals surface area contributed by atoms with Gasteiger partial charge in [0, 0.05) is 5.56 Å². The topological polar surface area (TPSA) is 40.5 Å². The van der Waals surface area contributed by atoms with E-state index in [0.717, 1.165) is 0 Å². The summed E-state index contributed by atoms with van der Waals surface area (Å²) in [6.07, 6.45) is 0. The van der Waals surface area contributed by atoms with Crippen LogP contribution >= 0.6 is 0 Å². The number of hydrogen-bond donors (Lipinski definition) is 2. The van der Waals surface area contributed by atoms with Crippen LogP contribution in [0.1, 0.15) is 5.56 Å². The molecule has 0 saturated carbocycles. The van der Waals surface area contributed by atoms with Gasteiger partial charge >= 0.3 is 37.7 Å². The fourth-order valence-electron chi connectivity index (χ4n) is 0.645. The summed E-state index contributed by atoms with van der Waals surface area (Å²) in [6, 6.07) is 6.71. The van der Waals surface area contributed by atoms with Crippen LogP contribution in [0.2, 0.25) is 0 Å². The van der Waals surface area contributed by atoms with Crippen LogP contribution in [0.15, 0.2) is 24.3 Å². The molecule has 0 amide bonds. The van der Waals surface area contributed by atoms with E-state index in [1.807, 2.05) is 0 Å². The van der Waals surface area contributed by atoms with Crippen molar-refractivity contribution in [3.63, 3.8) is 0 Å². The van der Waals surface area contributed by atoms with Gasteiger partial charge in [0.25, 0.3) is 0 Å². The molecule has 1 aromatic carbocycles. The second-order valence-corrected chi connectivity index (χ2v) is 1.79. The number of para-hydroxylation sites is 1. The molecule has 3 heteroatoms. The number of benzene rings is 1. The molecule has 0 aromatic heterocycles. The predicted molar refractivity (Wildman–Crippen MR) is 42.6 cm³/mol. The van der Waals surface area contributed by atoms with E-state index < -0.39 is 0 Å². The van der Waals surface area contributed by atoms with Gasteiger partial charge in [-0.1, -0.05) is 18.2 Å². The van der Waals surface area contributed by atoms with Crippen molar-refractivity contribution in [3.05, 3.63) is 29.8 Å². The molecule has 0 fully saturated rings. The third kappa shape index (κ3) is 2.46. The molecule has 0 radical (unpaired) electrons. The minimum absolute atomic E-state index is 0. The van der Waals surface area contributed by atoms with Crippen LogP contribution in [-0.4, -0.2) is 48.0 Å². The SMILES string of the molecule is OCc1ccccc1O.[CaH2]. The molecule has 0 spiro atoms. The van der Waals surface area contributed by atoms with Crippen LogP contribution in [0.4, 0.5) is 0 Å². The summed E-state index contributed by atoms with van der Waals surface area (Å²) in [5.74, 6) is 0.153. The van der Waals surface area contributed by atoms with Crippen molar-refractivity contribution in [1.29, 1.82) is 0 Å². The van der Waals surface area contributed by atoms with Gasteiger partial charge in [-0.15, -0.1) is 0 Å². The third-order valence-corrected chi connectivity index (χ3v) is 1.16. The van der Waals surface area contributed by atoms with E-state index in [4.69, 9.17) is 10.2 Å². The zero-order valence-corrected chi connectivity index (χ0v) is 4.91. The number of aliphatic hydroxyl groups excluding tert-OH is 1. The van der Waals surface area contributed by atoms with E-state index in [2.05, 4.69) is 0 Å². The van der Waals surface area contributed by atoms with Gasteiger partial charge in [0.05, 0.1) is 6.61 Å². The van der Waals surface area contributed by atoms with Gasteiger partial charge in [0.2, 0.25) is 0 Å². The van der Waals surface area contributed by atoms with Gasteiger partial charge in [-0.2, -0.15) is 0 Å². The van der Waals surface area contributed by atoms with E-state index >= 15 is 0 Å². The van der Waals surface area contributed by atoms with Crippen LogP contribution in [0.25, 0.3) is 0 Å². The number of aromatic hydroxyl groups is 1. The fraction of sp³-hybridized carbons (Fsp3) is 0.143. The molecule has 0 heterocycles. The summed E-state index contributed by atoms with van der Waals surface area (Å²) in [5.41, 5.74) is 0.567. The number of aliphatic hydroxyl groups is 1. The maximum atomic E-state index is 8.95. The summed E-state index contributed by atoms with van der Waals surface area (Å²) in [6.45, 7) is -0.104. The molecular weight excluding hydrogens is 156 g/mol. The number of phenols is 1. The quantitative estimate of drug-likeness (QED) is 0.575. The first-order chi connectivity index (χ1) is 4.34. The second kappa shape index (κ2) is 4.97.